The van der Waals surface area contributed by atoms with Crippen molar-refractivity contribution in [2.45, 2.75) is 6.54 Å². The molecule has 7 heteroatoms. The standard InChI is InChI=1S/C25H25N5O2/c26-13-20(14-27)17-2-4-23-19(10-17)11-21(25(31)29-23)24-12-18-9-16(1-3-22(18)28-24)15-30-5-7-32-8-6-30/h1-4,9-14,26,28H,5-8,15,27H2,(H,29,31)/b20-14+,26-13?. The summed E-state index contributed by atoms with van der Waals surface area (Å²) >= 11 is 0. The summed E-state index contributed by atoms with van der Waals surface area (Å²) in [6, 6.07) is 15.9. The maximum atomic E-state index is 12.8. The summed E-state index contributed by atoms with van der Waals surface area (Å²) in [5.41, 5.74) is 11.3. The molecule has 0 saturated carbocycles. The fourth-order valence-electron chi connectivity index (χ4n) is 4.26. The van der Waals surface area contributed by atoms with Crippen molar-refractivity contribution < 1.29 is 4.74 Å². The quantitative estimate of drug-likeness (QED) is 0.366. The lowest BCUT2D eigenvalue weighted by Gasteiger charge is -2.26. The summed E-state index contributed by atoms with van der Waals surface area (Å²) < 4.78 is 5.44. The van der Waals surface area contributed by atoms with Gasteiger partial charge in [0.1, 0.15) is 0 Å². The van der Waals surface area contributed by atoms with Crippen LogP contribution in [0.5, 0.6) is 0 Å². The van der Waals surface area contributed by atoms with E-state index in [1.807, 2.05) is 30.3 Å². The van der Waals surface area contributed by atoms with Gasteiger partial charge >= 0.3 is 0 Å². The van der Waals surface area contributed by atoms with Crippen LogP contribution in [0, 0.1) is 5.41 Å². The van der Waals surface area contributed by atoms with E-state index in [0.29, 0.717) is 11.1 Å². The number of aromatic nitrogens is 2. The average molecular weight is 428 g/mol. The number of allylic oxidation sites excluding steroid dienone is 1. The predicted octanol–water partition coefficient (Wildman–Crippen LogP) is 3.46. The van der Waals surface area contributed by atoms with E-state index >= 15 is 0 Å². The first-order valence-corrected chi connectivity index (χ1v) is 10.7. The Hall–Kier alpha value is -3.68. The number of fused-ring (bicyclic) bond motifs is 2. The second-order valence-corrected chi connectivity index (χ2v) is 8.07. The molecule has 1 aliphatic heterocycles. The van der Waals surface area contributed by atoms with Crippen molar-refractivity contribution in [2.75, 3.05) is 26.3 Å². The summed E-state index contributed by atoms with van der Waals surface area (Å²) in [6.07, 6.45) is 2.63. The summed E-state index contributed by atoms with van der Waals surface area (Å²) in [6.45, 7) is 4.35. The fourth-order valence-corrected chi connectivity index (χ4v) is 4.26. The van der Waals surface area contributed by atoms with Gasteiger partial charge in [-0.1, -0.05) is 12.1 Å². The van der Waals surface area contributed by atoms with Crippen LogP contribution >= 0.6 is 0 Å². The Kier molecular flexibility index (Phi) is 5.34. The largest absolute Gasteiger partial charge is 0.404 e. The molecule has 4 aromatic rings. The van der Waals surface area contributed by atoms with E-state index in [1.165, 1.54) is 18.0 Å². The average Bonchev–Trinajstić information content (AvgIpc) is 3.23. The van der Waals surface area contributed by atoms with Gasteiger partial charge in [0.15, 0.2) is 0 Å². The Balaban J connectivity index is 1.51. The monoisotopic (exact) mass is 427 g/mol. The molecular formula is C25H25N5O2. The number of aromatic amines is 2. The second kappa shape index (κ2) is 8.45. The minimum atomic E-state index is -0.146. The van der Waals surface area contributed by atoms with Crippen LogP contribution < -0.4 is 11.3 Å². The highest BCUT2D eigenvalue weighted by atomic mass is 16.5. The maximum absolute atomic E-state index is 12.8. The summed E-state index contributed by atoms with van der Waals surface area (Å²) in [5, 5.41) is 9.49. The summed E-state index contributed by atoms with van der Waals surface area (Å²) in [4.78, 5) is 21.6. The molecule has 5 rings (SSSR count). The highest BCUT2D eigenvalue weighted by molar-refractivity contribution is 6.09. The van der Waals surface area contributed by atoms with Gasteiger partial charge in [0, 0.05) is 54.0 Å². The third kappa shape index (κ3) is 3.84. The third-order valence-electron chi connectivity index (χ3n) is 6.00. The molecule has 1 saturated heterocycles. The highest BCUT2D eigenvalue weighted by Gasteiger charge is 2.13. The minimum absolute atomic E-state index is 0.146. The van der Waals surface area contributed by atoms with Crippen LogP contribution in [0.4, 0.5) is 0 Å². The van der Waals surface area contributed by atoms with Crippen LogP contribution in [0.1, 0.15) is 11.1 Å². The molecule has 0 bridgehead atoms. The first-order valence-electron chi connectivity index (χ1n) is 10.7. The molecule has 162 valence electrons. The molecule has 0 unspecified atom stereocenters. The lowest BCUT2D eigenvalue weighted by atomic mass is 10.0. The lowest BCUT2D eigenvalue weighted by Crippen LogP contribution is -2.35. The van der Waals surface area contributed by atoms with Crippen molar-refractivity contribution in [2.24, 2.45) is 5.73 Å². The molecule has 3 heterocycles. The molecule has 0 amide bonds. The number of ether oxygens (including phenoxy) is 1. The Morgan fingerprint density at radius 3 is 2.56 bits per heavy atom. The number of nitrogens with zero attached hydrogens (tertiary/aromatic N) is 1. The number of nitrogens with two attached hydrogens (primary N) is 1. The smallest absolute Gasteiger partial charge is 0.257 e. The lowest BCUT2D eigenvalue weighted by molar-refractivity contribution is 0.0342. The number of benzene rings is 2. The number of hydrogen-bond acceptors (Lipinski definition) is 5. The molecule has 0 atom stereocenters. The normalized spacial score (nSPS) is 15.4. The van der Waals surface area contributed by atoms with Crippen molar-refractivity contribution in [1.29, 1.82) is 5.41 Å². The number of morpholine rings is 1. The number of nitrogens with one attached hydrogen (secondary N) is 3. The van der Waals surface area contributed by atoms with Crippen molar-refractivity contribution in [1.82, 2.24) is 14.9 Å². The third-order valence-corrected chi connectivity index (χ3v) is 6.00. The van der Waals surface area contributed by atoms with E-state index in [0.717, 1.165) is 65.9 Å². The Morgan fingerprint density at radius 1 is 1.03 bits per heavy atom. The van der Waals surface area contributed by atoms with Gasteiger partial charge in [0.25, 0.3) is 5.56 Å². The molecule has 5 N–H and O–H groups in total. The zero-order chi connectivity index (χ0) is 22.1. The van der Waals surface area contributed by atoms with Crippen LogP contribution in [0.25, 0.3) is 38.6 Å². The Morgan fingerprint density at radius 2 is 1.78 bits per heavy atom. The first-order chi connectivity index (χ1) is 15.6. The summed E-state index contributed by atoms with van der Waals surface area (Å²) in [5.74, 6) is 0. The van der Waals surface area contributed by atoms with E-state index in [2.05, 4.69) is 33.1 Å². The van der Waals surface area contributed by atoms with Gasteiger partial charge in [-0.25, -0.2) is 0 Å². The van der Waals surface area contributed by atoms with E-state index in [-0.39, 0.29) is 5.56 Å². The second-order valence-electron chi connectivity index (χ2n) is 8.07. The van der Waals surface area contributed by atoms with Gasteiger partial charge < -0.3 is 25.8 Å². The Bertz CT molecular complexity index is 1390. The fraction of sp³-hybridized carbons (Fsp3) is 0.200. The molecule has 32 heavy (non-hydrogen) atoms. The van der Waals surface area contributed by atoms with Crippen LogP contribution in [-0.4, -0.2) is 47.4 Å². The van der Waals surface area contributed by atoms with Gasteiger partial charge in [-0.3, -0.25) is 9.69 Å². The molecule has 0 radical (unpaired) electrons. The van der Waals surface area contributed by atoms with E-state index in [9.17, 15) is 4.79 Å². The van der Waals surface area contributed by atoms with Gasteiger partial charge in [-0.15, -0.1) is 0 Å². The van der Waals surface area contributed by atoms with Gasteiger partial charge in [-0.2, -0.15) is 0 Å². The van der Waals surface area contributed by atoms with Crippen LogP contribution in [-0.2, 0) is 11.3 Å². The number of H-pyrrole nitrogens is 2. The first kappa shape index (κ1) is 20.2. The van der Waals surface area contributed by atoms with E-state index in [4.69, 9.17) is 15.9 Å². The molecule has 1 aliphatic rings. The van der Waals surface area contributed by atoms with Gasteiger partial charge in [0.2, 0.25) is 0 Å². The molecule has 2 aromatic carbocycles. The summed E-state index contributed by atoms with van der Waals surface area (Å²) in [7, 11) is 0. The van der Waals surface area contributed by atoms with Crippen molar-refractivity contribution in [3.8, 4) is 11.3 Å². The van der Waals surface area contributed by atoms with Gasteiger partial charge in [-0.05, 0) is 52.9 Å². The molecule has 1 fully saturated rings. The van der Waals surface area contributed by atoms with E-state index < -0.39 is 0 Å². The SMILES string of the molecule is N=C/C(=C\N)c1ccc2[nH]c(=O)c(-c3cc4cc(CN5CCOCC5)ccc4[nH]3)cc2c1. The van der Waals surface area contributed by atoms with Crippen LogP contribution in [0.2, 0.25) is 0 Å². The zero-order valence-corrected chi connectivity index (χ0v) is 17.7. The zero-order valence-electron chi connectivity index (χ0n) is 17.7. The molecular weight excluding hydrogens is 402 g/mol. The molecule has 2 aromatic heterocycles. The van der Waals surface area contributed by atoms with E-state index in [1.54, 1.807) is 0 Å². The van der Waals surface area contributed by atoms with Crippen LogP contribution in [0.3, 0.4) is 0 Å². The van der Waals surface area contributed by atoms with Crippen molar-refractivity contribution in [3.05, 3.63) is 76.2 Å². The number of pyridine rings is 1. The minimum Gasteiger partial charge on any atom is -0.404 e. The van der Waals surface area contributed by atoms with Crippen molar-refractivity contribution in [3.63, 3.8) is 0 Å². The molecule has 0 spiro atoms. The topological polar surface area (TPSA) is 111 Å². The number of rotatable bonds is 5. The van der Waals surface area contributed by atoms with Gasteiger partial charge in [0.05, 0.1) is 24.5 Å². The predicted molar refractivity (Wildman–Crippen MR) is 129 cm³/mol. The highest BCUT2D eigenvalue weighted by Crippen LogP contribution is 2.26. The Labute approximate surface area is 185 Å². The molecule has 0 aliphatic carbocycles. The maximum Gasteiger partial charge on any atom is 0.257 e. The van der Waals surface area contributed by atoms with Crippen molar-refractivity contribution >= 4 is 33.6 Å². The molecule has 7 nitrogen and oxygen atoms in total. The van der Waals surface area contributed by atoms with Crippen LogP contribution in [0.15, 0.2) is 59.5 Å². The number of hydrogen-bond donors (Lipinski definition) is 4.